The molecular weight excluding hydrogens is 706 g/mol. The van der Waals surface area contributed by atoms with E-state index >= 15 is 0 Å². The summed E-state index contributed by atoms with van der Waals surface area (Å²) in [6.45, 7) is 3.66. The molecule has 0 spiro atoms. The van der Waals surface area contributed by atoms with E-state index < -0.39 is 29.9 Å². The van der Waals surface area contributed by atoms with E-state index in [9.17, 15) is 49.2 Å². The molecule has 0 radical (unpaired) electrons. The highest BCUT2D eigenvalue weighted by Gasteiger charge is 2.28. The number of rotatable bonds is 27. The van der Waals surface area contributed by atoms with E-state index in [4.69, 9.17) is 18.9 Å². The van der Waals surface area contributed by atoms with Crippen molar-refractivity contribution in [2.24, 2.45) is 4.99 Å². The molecule has 1 fully saturated rings. The van der Waals surface area contributed by atoms with Crippen LogP contribution in [0, 0.1) is 0 Å². The predicted molar refractivity (Wildman–Crippen MR) is 188 cm³/mol. The smallest absolute Gasteiger partial charge is 0.320 e. The zero-order valence-electron chi connectivity index (χ0n) is 30.5. The minimum atomic E-state index is -1.17. The Balaban J connectivity index is 2.45. The number of nitrogens with one attached hydrogen (secondary N) is 2. The first-order valence-electron chi connectivity index (χ1n) is 17.5. The van der Waals surface area contributed by atoms with Crippen LogP contribution in [0.4, 0.5) is 0 Å². The van der Waals surface area contributed by atoms with E-state index in [1.54, 1.807) is 19.6 Å². The van der Waals surface area contributed by atoms with E-state index in [2.05, 4.69) is 15.6 Å². The number of hydrogen-bond acceptors (Lipinski definition) is 15. The highest BCUT2D eigenvalue weighted by molar-refractivity contribution is 6.26. The normalized spacial score (nSPS) is 16.4. The Kier molecular flexibility index (Phi) is 26.4. The second-order valence-electron chi connectivity index (χ2n) is 11.9. The Labute approximate surface area is 309 Å². The molecule has 0 aromatic rings. The Hall–Kier alpha value is -3.83. The van der Waals surface area contributed by atoms with Gasteiger partial charge in [0.25, 0.3) is 5.91 Å². The monoisotopic (exact) mass is 763 g/mol. The summed E-state index contributed by atoms with van der Waals surface area (Å²) in [4.78, 5) is 80.6. The number of carboxylic acids is 4. The molecule has 1 aliphatic rings. The zero-order valence-corrected chi connectivity index (χ0v) is 30.5. The fraction of sp³-hybridized carbons (Fsp3) is 0.781. The standard InChI is InChI=1S/C32H57N7O14/c1-33-22-28(41)35-5-15-51-17-19-53-21-20-52-18-16-50-14-4-34-27(40)3-2-26(32(48)49)39-12-10-37(24-30(44)45)8-6-36(23-29(42)43)7-9-38(11-13-39)25-31(46)47/h22,26H,2-21,23-25H2,1H3,(H,34,40)(H,35,41)(H,42,43)(H,44,45)(H,46,47)(H,48,49). The lowest BCUT2D eigenvalue weighted by molar-refractivity contribution is -0.145. The van der Waals surface area contributed by atoms with Gasteiger partial charge in [-0.3, -0.25) is 53.4 Å². The van der Waals surface area contributed by atoms with Crippen molar-refractivity contribution in [1.82, 2.24) is 30.2 Å². The molecule has 0 aromatic heterocycles. The van der Waals surface area contributed by atoms with Crippen LogP contribution in [0.15, 0.2) is 4.99 Å². The van der Waals surface area contributed by atoms with Gasteiger partial charge in [-0.1, -0.05) is 0 Å². The largest absolute Gasteiger partial charge is 0.480 e. The lowest BCUT2D eigenvalue weighted by atomic mass is 10.1. The third-order valence-corrected chi connectivity index (χ3v) is 7.80. The molecule has 21 heteroatoms. The van der Waals surface area contributed by atoms with E-state index in [0.29, 0.717) is 52.8 Å². The zero-order chi connectivity index (χ0) is 39.3. The van der Waals surface area contributed by atoms with Crippen molar-refractivity contribution < 1.29 is 68.1 Å². The summed E-state index contributed by atoms with van der Waals surface area (Å²) in [7, 11) is 1.51. The molecule has 0 aliphatic carbocycles. The molecule has 2 amide bonds. The molecule has 0 saturated carbocycles. The molecule has 1 unspecified atom stereocenters. The number of aliphatic imine (C=N–C) groups is 1. The number of carbonyl (C=O) groups is 6. The molecule has 1 atom stereocenters. The van der Waals surface area contributed by atoms with Gasteiger partial charge in [0.2, 0.25) is 5.91 Å². The minimum absolute atomic E-state index is 0.0404. The Morgan fingerprint density at radius 3 is 1.36 bits per heavy atom. The highest BCUT2D eigenvalue weighted by atomic mass is 16.6. The van der Waals surface area contributed by atoms with Crippen LogP contribution in [-0.2, 0) is 47.7 Å². The number of carbonyl (C=O) groups excluding carboxylic acids is 2. The third-order valence-electron chi connectivity index (χ3n) is 7.80. The van der Waals surface area contributed by atoms with Crippen molar-refractivity contribution in [2.75, 3.05) is 145 Å². The quantitative estimate of drug-likeness (QED) is 0.0353. The van der Waals surface area contributed by atoms with Crippen molar-refractivity contribution in [3.63, 3.8) is 0 Å². The topological polar surface area (TPSA) is 270 Å². The Morgan fingerprint density at radius 2 is 0.981 bits per heavy atom. The van der Waals surface area contributed by atoms with Crippen LogP contribution in [0.3, 0.4) is 0 Å². The molecule has 0 bridgehead atoms. The van der Waals surface area contributed by atoms with Crippen molar-refractivity contribution in [3.05, 3.63) is 0 Å². The summed E-state index contributed by atoms with van der Waals surface area (Å²) in [5, 5.41) is 43.6. The average molecular weight is 764 g/mol. The summed E-state index contributed by atoms with van der Waals surface area (Å²) >= 11 is 0. The molecular formula is C32H57N7O14. The molecule has 1 saturated heterocycles. The second-order valence-corrected chi connectivity index (χ2v) is 11.9. The average Bonchev–Trinajstić information content (AvgIpc) is 3.08. The molecule has 1 rings (SSSR count). The number of carboxylic acid groups (broad SMARTS) is 4. The van der Waals surface area contributed by atoms with Gasteiger partial charge in [0.05, 0.1) is 78.7 Å². The van der Waals surface area contributed by atoms with Crippen LogP contribution in [0.2, 0.25) is 0 Å². The van der Waals surface area contributed by atoms with E-state index in [1.807, 2.05) is 0 Å². The van der Waals surface area contributed by atoms with Gasteiger partial charge in [0.15, 0.2) is 0 Å². The lowest BCUT2D eigenvalue weighted by Gasteiger charge is -2.35. The number of amides is 2. The maximum atomic E-state index is 12.6. The molecule has 21 nitrogen and oxygen atoms in total. The minimum Gasteiger partial charge on any atom is -0.480 e. The summed E-state index contributed by atoms with van der Waals surface area (Å²) in [5.41, 5.74) is 0. The van der Waals surface area contributed by atoms with Crippen LogP contribution in [0.25, 0.3) is 0 Å². The molecule has 1 heterocycles. The van der Waals surface area contributed by atoms with Gasteiger partial charge < -0.3 is 50.0 Å². The number of ether oxygens (including phenoxy) is 4. The van der Waals surface area contributed by atoms with Crippen molar-refractivity contribution >= 4 is 41.9 Å². The van der Waals surface area contributed by atoms with Gasteiger partial charge in [-0.05, 0) is 6.42 Å². The van der Waals surface area contributed by atoms with Gasteiger partial charge in [0.1, 0.15) is 6.04 Å². The molecule has 0 aromatic carbocycles. The third kappa shape index (κ3) is 25.7. The lowest BCUT2D eigenvalue weighted by Crippen LogP contribution is -2.52. The highest BCUT2D eigenvalue weighted by Crippen LogP contribution is 2.11. The summed E-state index contributed by atoms with van der Waals surface area (Å²) in [6.07, 6.45) is 1.04. The van der Waals surface area contributed by atoms with E-state index in [1.165, 1.54) is 13.3 Å². The number of aliphatic carboxylic acids is 4. The fourth-order valence-electron chi connectivity index (χ4n) is 5.16. The molecule has 6 N–H and O–H groups in total. The molecule has 304 valence electrons. The van der Waals surface area contributed by atoms with Gasteiger partial charge >= 0.3 is 23.9 Å². The van der Waals surface area contributed by atoms with Crippen LogP contribution >= 0.6 is 0 Å². The van der Waals surface area contributed by atoms with Crippen LogP contribution in [-0.4, -0.2) is 233 Å². The predicted octanol–water partition coefficient (Wildman–Crippen LogP) is -3.31. The number of nitrogens with zero attached hydrogens (tertiary/aromatic N) is 5. The van der Waals surface area contributed by atoms with Gasteiger partial charge in [-0.2, -0.15) is 0 Å². The maximum absolute atomic E-state index is 12.6. The summed E-state index contributed by atoms with van der Waals surface area (Å²) in [6, 6.07) is -1.10. The van der Waals surface area contributed by atoms with Crippen LogP contribution in [0.1, 0.15) is 12.8 Å². The van der Waals surface area contributed by atoms with E-state index in [-0.39, 0.29) is 110 Å². The molecule has 1 aliphatic heterocycles. The first-order valence-corrected chi connectivity index (χ1v) is 17.5. The van der Waals surface area contributed by atoms with Crippen molar-refractivity contribution in [1.29, 1.82) is 0 Å². The maximum Gasteiger partial charge on any atom is 0.320 e. The number of hydrogen-bond donors (Lipinski definition) is 6. The second kappa shape index (κ2) is 29.6. The van der Waals surface area contributed by atoms with Crippen molar-refractivity contribution in [3.8, 4) is 0 Å². The Bertz CT molecular complexity index is 1100. The van der Waals surface area contributed by atoms with Crippen LogP contribution < -0.4 is 10.6 Å². The SMILES string of the molecule is CN=CC(=O)NCCOCCOCCOCCOCCNC(=O)CCC(C(=O)O)N1CCN(CC(=O)O)CCN(CC(=O)O)CCN(CC(=O)O)CC1. The van der Waals surface area contributed by atoms with Gasteiger partial charge in [-0.25, -0.2) is 0 Å². The van der Waals surface area contributed by atoms with Crippen molar-refractivity contribution in [2.45, 2.75) is 18.9 Å². The first-order chi connectivity index (χ1) is 25.4. The summed E-state index contributed by atoms with van der Waals surface area (Å²) < 4.78 is 21.6. The Morgan fingerprint density at radius 1 is 0.604 bits per heavy atom. The molecule has 53 heavy (non-hydrogen) atoms. The van der Waals surface area contributed by atoms with E-state index in [0.717, 1.165) is 0 Å². The summed E-state index contributed by atoms with van der Waals surface area (Å²) in [5.74, 6) is -5.07. The van der Waals surface area contributed by atoms with Gasteiger partial charge in [0, 0.05) is 78.9 Å². The first kappa shape index (κ1) is 47.2. The van der Waals surface area contributed by atoms with Crippen LogP contribution in [0.5, 0.6) is 0 Å². The fourth-order valence-corrected chi connectivity index (χ4v) is 5.16. The van der Waals surface area contributed by atoms with Gasteiger partial charge in [-0.15, -0.1) is 0 Å².